The third-order valence-electron chi connectivity index (χ3n) is 6.04. The van der Waals surface area contributed by atoms with Crippen LogP contribution in [0, 0.1) is 0 Å². The first-order valence-electron chi connectivity index (χ1n) is 10.0. The second kappa shape index (κ2) is 6.10. The second-order valence-corrected chi connectivity index (χ2v) is 7.64. The molecule has 4 aromatic rings. The van der Waals surface area contributed by atoms with Crippen molar-refractivity contribution >= 4 is 22.7 Å². The number of anilines is 1. The molecule has 6 rings (SSSR count). The molecule has 28 heavy (non-hydrogen) atoms. The molecule has 1 N–H and O–H groups in total. The van der Waals surface area contributed by atoms with Crippen molar-refractivity contribution in [3.63, 3.8) is 0 Å². The van der Waals surface area contributed by atoms with Gasteiger partial charge in [-0.05, 0) is 48.1 Å². The molecule has 2 aliphatic rings. The smallest absolute Gasteiger partial charge is 0.209 e. The number of para-hydroxylation sites is 2. The van der Waals surface area contributed by atoms with Crippen molar-refractivity contribution in [3.8, 4) is 0 Å². The maximum absolute atomic E-state index is 4.94. The van der Waals surface area contributed by atoms with E-state index in [9.17, 15) is 0 Å². The first-order valence-corrected chi connectivity index (χ1v) is 10.0. The SMILES string of the molecule is c1ccc([C@H]2C3=C(Nc4nc5ccccc5n42)c2ccccc2CCC3)cc1. The number of allylic oxidation sites excluding steroid dienone is 1. The van der Waals surface area contributed by atoms with Gasteiger partial charge in [-0.3, -0.25) is 4.57 Å². The normalized spacial score (nSPS) is 18.1. The molecule has 0 fully saturated rings. The first-order chi connectivity index (χ1) is 13.9. The Labute approximate surface area is 164 Å². The van der Waals surface area contributed by atoms with Crippen LogP contribution < -0.4 is 5.32 Å². The standard InChI is InChI=1S/C25H21N3/c1-2-10-18(11-3-1)24-20-14-8-12-17-9-4-5-13-19(17)23(20)27-25-26-21-15-6-7-16-22(21)28(24)25/h1-7,9-11,13,15-16,24H,8,12,14H2,(H,26,27)/t24-/m0/s1. The Morgan fingerprint density at radius 2 is 1.61 bits per heavy atom. The lowest BCUT2D eigenvalue weighted by Crippen LogP contribution is -2.24. The summed E-state index contributed by atoms with van der Waals surface area (Å²) >= 11 is 0. The van der Waals surface area contributed by atoms with Crippen molar-refractivity contribution in [2.45, 2.75) is 25.3 Å². The Balaban J connectivity index is 1.67. The maximum Gasteiger partial charge on any atom is 0.209 e. The highest BCUT2D eigenvalue weighted by Crippen LogP contribution is 2.45. The molecular formula is C25H21N3. The highest BCUT2D eigenvalue weighted by molar-refractivity contribution is 5.88. The molecular weight excluding hydrogens is 342 g/mol. The van der Waals surface area contributed by atoms with Gasteiger partial charge in [-0.25, -0.2) is 4.98 Å². The van der Waals surface area contributed by atoms with Crippen molar-refractivity contribution in [1.82, 2.24) is 9.55 Å². The van der Waals surface area contributed by atoms with Crippen LogP contribution in [0.15, 0.2) is 84.4 Å². The molecule has 0 radical (unpaired) electrons. The van der Waals surface area contributed by atoms with Crippen molar-refractivity contribution in [1.29, 1.82) is 0 Å². The number of aryl methyl sites for hydroxylation is 1. The Hall–Kier alpha value is -3.33. The molecule has 3 aromatic carbocycles. The van der Waals surface area contributed by atoms with E-state index in [1.807, 2.05) is 0 Å². The van der Waals surface area contributed by atoms with Gasteiger partial charge in [0.05, 0.1) is 17.1 Å². The monoisotopic (exact) mass is 363 g/mol. The average Bonchev–Trinajstić information content (AvgIpc) is 3.02. The van der Waals surface area contributed by atoms with E-state index in [-0.39, 0.29) is 6.04 Å². The minimum Gasteiger partial charge on any atom is -0.325 e. The number of nitrogens with one attached hydrogen (secondary N) is 1. The molecule has 0 amide bonds. The Morgan fingerprint density at radius 1 is 0.821 bits per heavy atom. The van der Waals surface area contributed by atoms with Gasteiger partial charge >= 0.3 is 0 Å². The van der Waals surface area contributed by atoms with Crippen LogP contribution in [0.3, 0.4) is 0 Å². The Morgan fingerprint density at radius 3 is 2.54 bits per heavy atom. The van der Waals surface area contributed by atoms with Gasteiger partial charge in [0.1, 0.15) is 0 Å². The van der Waals surface area contributed by atoms with E-state index in [4.69, 9.17) is 4.98 Å². The summed E-state index contributed by atoms with van der Waals surface area (Å²) in [5.74, 6) is 0.936. The van der Waals surface area contributed by atoms with E-state index in [2.05, 4.69) is 88.7 Å². The summed E-state index contributed by atoms with van der Waals surface area (Å²) in [5.41, 5.74) is 9.02. The van der Waals surface area contributed by atoms with Crippen molar-refractivity contribution in [3.05, 3.63) is 101 Å². The van der Waals surface area contributed by atoms with Gasteiger partial charge in [0.15, 0.2) is 0 Å². The maximum atomic E-state index is 4.94. The van der Waals surface area contributed by atoms with Crippen LogP contribution in [0.2, 0.25) is 0 Å². The molecule has 3 heteroatoms. The van der Waals surface area contributed by atoms with Crippen LogP contribution in [0.1, 0.15) is 35.6 Å². The Kier molecular flexibility index (Phi) is 3.42. The summed E-state index contributed by atoms with van der Waals surface area (Å²) in [4.78, 5) is 4.94. The molecule has 1 atom stereocenters. The van der Waals surface area contributed by atoms with Crippen LogP contribution >= 0.6 is 0 Å². The number of aromatic nitrogens is 2. The van der Waals surface area contributed by atoms with Gasteiger partial charge < -0.3 is 5.32 Å². The van der Waals surface area contributed by atoms with Crippen molar-refractivity contribution in [2.24, 2.45) is 0 Å². The van der Waals surface area contributed by atoms with Crippen molar-refractivity contribution in [2.75, 3.05) is 5.32 Å². The molecule has 0 unspecified atom stereocenters. The van der Waals surface area contributed by atoms with Crippen LogP contribution in [0.5, 0.6) is 0 Å². The molecule has 1 aliphatic carbocycles. The second-order valence-electron chi connectivity index (χ2n) is 7.64. The average molecular weight is 363 g/mol. The fourth-order valence-electron chi connectivity index (χ4n) is 4.82. The Bertz CT molecular complexity index is 1220. The predicted octanol–water partition coefficient (Wildman–Crippen LogP) is 5.80. The summed E-state index contributed by atoms with van der Waals surface area (Å²) in [5, 5.41) is 3.72. The van der Waals surface area contributed by atoms with Gasteiger partial charge in [0, 0.05) is 11.3 Å². The summed E-state index contributed by atoms with van der Waals surface area (Å²) in [7, 11) is 0. The fraction of sp³-hybridized carbons (Fsp3) is 0.160. The van der Waals surface area contributed by atoms with E-state index < -0.39 is 0 Å². The van der Waals surface area contributed by atoms with E-state index >= 15 is 0 Å². The summed E-state index contributed by atoms with van der Waals surface area (Å²) in [6.07, 6.45) is 3.38. The minimum atomic E-state index is 0.172. The number of hydrogen-bond acceptors (Lipinski definition) is 2. The van der Waals surface area contributed by atoms with Gasteiger partial charge in [-0.2, -0.15) is 0 Å². The van der Waals surface area contributed by atoms with Gasteiger partial charge in [-0.1, -0.05) is 66.7 Å². The molecule has 1 aromatic heterocycles. The molecule has 0 bridgehead atoms. The topological polar surface area (TPSA) is 29.9 Å². The zero-order valence-electron chi connectivity index (χ0n) is 15.6. The number of benzene rings is 3. The van der Waals surface area contributed by atoms with Gasteiger partial charge in [-0.15, -0.1) is 0 Å². The summed E-state index contributed by atoms with van der Waals surface area (Å²) in [6, 6.07) is 28.3. The number of nitrogens with zero attached hydrogens (tertiary/aromatic N) is 2. The quantitative estimate of drug-likeness (QED) is 0.463. The highest BCUT2D eigenvalue weighted by atomic mass is 15.3. The number of hydrogen-bond donors (Lipinski definition) is 1. The molecule has 0 spiro atoms. The number of fused-ring (bicyclic) bond motifs is 5. The third kappa shape index (κ3) is 2.26. The molecule has 0 saturated carbocycles. The molecule has 1 aliphatic heterocycles. The number of rotatable bonds is 1. The van der Waals surface area contributed by atoms with Gasteiger partial charge in [0.25, 0.3) is 0 Å². The fourth-order valence-corrected chi connectivity index (χ4v) is 4.82. The van der Waals surface area contributed by atoms with Crippen LogP contribution in [-0.4, -0.2) is 9.55 Å². The molecule has 0 saturated heterocycles. The summed E-state index contributed by atoms with van der Waals surface area (Å²) < 4.78 is 2.39. The summed E-state index contributed by atoms with van der Waals surface area (Å²) in [6.45, 7) is 0. The van der Waals surface area contributed by atoms with Crippen LogP contribution in [0.4, 0.5) is 5.95 Å². The van der Waals surface area contributed by atoms with E-state index in [0.29, 0.717) is 0 Å². The molecule has 3 nitrogen and oxygen atoms in total. The predicted molar refractivity (Wildman–Crippen MR) is 114 cm³/mol. The lowest BCUT2D eigenvalue weighted by atomic mass is 9.91. The first kappa shape index (κ1) is 15.7. The van der Waals surface area contributed by atoms with E-state index in [1.165, 1.54) is 39.9 Å². The van der Waals surface area contributed by atoms with E-state index in [1.54, 1.807) is 0 Å². The molecule has 2 heterocycles. The van der Waals surface area contributed by atoms with Gasteiger partial charge in [0.2, 0.25) is 5.95 Å². The minimum absolute atomic E-state index is 0.172. The third-order valence-corrected chi connectivity index (χ3v) is 6.04. The number of imidazole rings is 1. The van der Waals surface area contributed by atoms with Crippen molar-refractivity contribution < 1.29 is 0 Å². The zero-order chi connectivity index (χ0) is 18.5. The lowest BCUT2D eigenvalue weighted by molar-refractivity contribution is 0.639. The lowest BCUT2D eigenvalue weighted by Gasteiger charge is -2.32. The zero-order valence-corrected chi connectivity index (χ0v) is 15.6. The largest absolute Gasteiger partial charge is 0.325 e. The van der Waals surface area contributed by atoms with E-state index in [0.717, 1.165) is 24.3 Å². The van der Waals surface area contributed by atoms with Crippen LogP contribution in [0.25, 0.3) is 16.7 Å². The highest BCUT2D eigenvalue weighted by Gasteiger charge is 2.33. The van der Waals surface area contributed by atoms with Crippen LogP contribution in [-0.2, 0) is 6.42 Å². The molecule has 136 valence electrons.